The Balaban J connectivity index is 1.74. The summed E-state index contributed by atoms with van der Waals surface area (Å²) >= 11 is 5.83. The van der Waals surface area contributed by atoms with E-state index in [1.54, 1.807) is 24.3 Å². The standard InChI is InChI=1S/C19H21ClN2O4S/c1-13-11-22(12-14(2)26-13)27(24,25)18-9-3-15(4-10-18)19(23)21-17-7-5-16(20)6-8-17/h3-10,13-14H,11-12H2,1-2H3,(H,21,23)/t13-,14+. The Morgan fingerprint density at radius 1 is 1.04 bits per heavy atom. The van der Waals surface area contributed by atoms with E-state index in [1.165, 1.54) is 28.6 Å². The van der Waals surface area contributed by atoms with Crippen LogP contribution in [0.25, 0.3) is 0 Å². The summed E-state index contributed by atoms with van der Waals surface area (Å²) in [6.07, 6.45) is -0.319. The number of morpholine rings is 1. The molecule has 0 spiro atoms. The maximum atomic E-state index is 12.8. The Morgan fingerprint density at radius 2 is 1.59 bits per heavy atom. The van der Waals surface area contributed by atoms with Gasteiger partial charge in [-0.1, -0.05) is 11.6 Å². The number of rotatable bonds is 4. The molecule has 8 heteroatoms. The lowest BCUT2D eigenvalue weighted by molar-refractivity contribution is -0.0440. The Morgan fingerprint density at radius 3 is 2.15 bits per heavy atom. The first-order chi connectivity index (χ1) is 12.8. The van der Waals surface area contributed by atoms with Crippen LogP contribution in [0.1, 0.15) is 24.2 Å². The summed E-state index contributed by atoms with van der Waals surface area (Å²) < 4.78 is 32.7. The summed E-state index contributed by atoms with van der Waals surface area (Å²) in [7, 11) is -3.63. The van der Waals surface area contributed by atoms with Crippen molar-refractivity contribution in [3.05, 3.63) is 59.1 Å². The summed E-state index contributed by atoms with van der Waals surface area (Å²) in [4.78, 5) is 12.5. The van der Waals surface area contributed by atoms with Gasteiger partial charge in [0.25, 0.3) is 5.91 Å². The van der Waals surface area contributed by atoms with E-state index in [4.69, 9.17) is 16.3 Å². The van der Waals surface area contributed by atoms with Gasteiger partial charge in [0.05, 0.1) is 17.1 Å². The lowest BCUT2D eigenvalue weighted by atomic mass is 10.2. The van der Waals surface area contributed by atoms with Crippen molar-refractivity contribution in [3.8, 4) is 0 Å². The van der Waals surface area contributed by atoms with E-state index in [0.717, 1.165) is 0 Å². The SMILES string of the molecule is C[C@@H]1CN(S(=O)(=O)c2ccc(C(=O)Nc3ccc(Cl)cc3)cc2)C[C@H](C)O1. The van der Waals surface area contributed by atoms with Crippen LogP contribution in [0.3, 0.4) is 0 Å². The molecule has 1 saturated heterocycles. The van der Waals surface area contributed by atoms with Gasteiger partial charge in [0.1, 0.15) is 0 Å². The zero-order valence-electron chi connectivity index (χ0n) is 15.1. The van der Waals surface area contributed by atoms with Crippen LogP contribution in [0, 0.1) is 0 Å². The van der Waals surface area contributed by atoms with E-state index in [2.05, 4.69) is 5.32 Å². The number of carbonyl (C=O) groups is 1. The number of nitrogens with zero attached hydrogens (tertiary/aromatic N) is 1. The minimum atomic E-state index is -3.63. The number of halogens is 1. The molecule has 2 aromatic rings. The van der Waals surface area contributed by atoms with Gasteiger partial charge >= 0.3 is 0 Å². The predicted molar refractivity (Wildman–Crippen MR) is 105 cm³/mol. The number of sulfonamides is 1. The van der Waals surface area contributed by atoms with E-state index >= 15 is 0 Å². The summed E-state index contributed by atoms with van der Waals surface area (Å²) in [6.45, 7) is 4.32. The number of benzene rings is 2. The van der Waals surface area contributed by atoms with Crippen LogP contribution < -0.4 is 5.32 Å². The van der Waals surface area contributed by atoms with Crippen molar-refractivity contribution >= 4 is 33.2 Å². The molecule has 1 heterocycles. The minimum absolute atomic E-state index is 0.159. The molecular weight excluding hydrogens is 388 g/mol. The highest BCUT2D eigenvalue weighted by atomic mass is 35.5. The van der Waals surface area contributed by atoms with Crippen LogP contribution in [0.4, 0.5) is 5.69 Å². The average molecular weight is 409 g/mol. The van der Waals surface area contributed by atoms with Gasteiger partial charge in [-0.05, 0) is 62.4 Å². The van der Waals surface area contributed by atoms with Gasteiger partial charge in [-0.3, -0.25) is 4.79 Å². The first kappa shape index (κ1) is 19.8. The second-order valence-electron chi connectivity index (χ2n) is 6.56. The molecular formula is C19H21ClN2O4S. The second-order valence-corrected chi connectivity index (χ2v) is 8.94. The lowest BCUT2D eigenvalue weighted by Crippen LogP contribution is -2.48. The molecule has 144 valence electrons. The third-order valence-corrected chi connectivity index (χ3v) is 6.34. The third-order valence-electron chi connectivity index (χ3n) is 4.24. The maximum absolute atomic E-state index is 12.8. The molecule has 1 N–H and O–H groups in total. The summed E-state index contributed by atoms with van der Waals surface area (Å²) in [5.74, 6) is -0.324. The van der Waals surface area contributed by atoms with Crippen molar-refractivity contribution in [2.75, 3.05) is 18.4 Å². The maximum Gasteiger partial charge on any atom is 0.255 e. The Hall–Kier alpha value is -1.93. The number of carbonyl (C=O) groups excluding carboxylic acids is 1. The molecule has 1 aliphatic heterocycles. The summed E-state index contributed by atoms with van der Waals surface area (Å²) in [5.41, 5.74) is 0.977. The second kappa shape index (κ2) is 7.98. The van der Waals surface area contributed by atoms with E-state index in [1.807, 2.05) is 13.8 Å². The van der Waals surface area contributed by atoms with Crippen molar-refractivity contribution in [2.45, 2.75) is 31.0 Å². The molecule has 0 radical (unpaired) electrons. The van der Waals surface area contributed by atoms with Crippen LogP contribution in [0.2, 0.25) is 5.02 Å². The fourth-order valence-electron chi connectivity index (χ4n) is 2.99. The van der Waals surface area contributed by atoms with Crippen molar-refractivity contribution in [1.29, 1.82) is 0 Å². The number of nitrogens with one attached hydrogen (secondary N) is 1. The first-order valence-electron chi connectivity index (χ1n) is 8.58. The van der Waals surface area contributed by atoms with Crippen LogP contribution in [-0.4, -0.2) is 43.9 Å². The number of hydrogen-bond acceptors (Lipinski definition) is 4. The number of hydrogen-bond donors (Lipinski definition) is 1. The Bertz CT molecular complexity index is 904. The van der Waals surface area contributed by atoms with Crippen molar-refractivity contribution in [1.82, 2.24) is 4.31 Å². The normalized spacial score (nSPS) is 21.0. The molecule has 0 aromatic heterocycles. The predicted octanol–water partition coefficient (Wildman–Crippen LogP) is 3.39. The molecule has 6 nitrogen and oxygen atoms in total. The first-order valence-corrected chi connectivity index (χ1v) is 10.4. The van der Waals surface area contributed by atoms with Crippen molar-refractivity contribution in [3.63, 3.8) is 0 Å². The fraction of sp³-hybridized carbons (Fsp3) is 0.316. The van der Waals surface area contributed by atoms with Crippen LogP contribution in [0.15, 0.2) is 53.4 Å². The molecule has 2 aromatic carbocycles. The van der Waals surface area contributed by atoms with Gasteiger partial charge in [0, 0.05) is 29.4 Å². The topological polar surface area (TPSA) is 75.7 Å². The summed E-state index contributed by atoms with van der Waals surface area (Å²) in [5, 5.41) is 3.32. The lowest BCUT2D eigenvalue weighted by Gasteiger charge is -2.34. The zero-order valence-corrected chi connectivity index (χ0v) is 16.6. The molecule has 1 amide bonds. The highest BCUT2D eigenvalue weighted by molar-refractivity contribution is 7.89. The number of ether oxygens (including phenoxy) is 1. The summed E-state index contributed by atoms with van der Waals surface area (Å²) in [6, 6.07) is 12.7. The van der Waals surface area contributed by atoms with E-state index in [-0.39, 0.29) is 23.0 Å². The van der Waals surface area contributed by atoms with Crippen molar-refractivity contribution in [2.24, 2.45) is 0 Å². The van der Waals surface area contributed by atoms with Crippen LogP contribution >= 0.6 is 11.6 Å². The molecule has 1 fully saturated rings. The van der Waals surface area contributed by atoms with Crippen LogP contribution in [0.5, 0.6) is 0 Å². The van der Waals surface area contributed by atoms with Gasteiger partial charge < -0.3 is 10.1 Å². The van der Waals surface area contributed by atoms with Crippen LogP contribution in [-0.2, 0) is 14.8 Å². The Kier molecular flexibility index (Phi) is 5.86. The molecule has 0 unspecified atom stereocenters. The van der Waals surface area contributed by atoms with Gasteiger partial charge in [-0.2, -0.15) is 4.31 Å². The molecule has 0 aliphatic carbocycles. The number of amides is 1. The van der Waals surface area contributed by atoms with Gasteiger partial charge in [-0.15, -0.1) is 0 Å². The van der Waals surface area contributed by atoms with E-state index in [9.17, 15) is 13.2 Å². The average Bonchev–Trinajstić information content (AvgIpc) is 2.63. The monoisotopic (exact) mass is 408 g/mol. The molecule has 0 bridgehead atoms. The highest BCUT2D eigenvalue weighted by Crippen LogP contribution is 2.22. The van der Waals surface area contributed by atoms with E-state index in [0.29, 0.717) is 29.4 Å². The highest BCUT2D eigenvalue weighted by Gasteiger charge is 2.32. The molecule has 0 saturated carbocycles. The van der Waals surface area contributed by atoms with Gasteiger partial charge in [0.15, 0.2) is 0 Å². The minimum Gasteiger partial charge on any atom is -0.373 e. The van der Waals surface area contributed by atoms with Gasteiger partial charge in [0.2, 0.25) is 10.0 Å². The number of anilines is 1. The Labute approximate surface area is 164 Å². The molecule has 1 aliphatic rings. The van der Waals surface area contributed by atoms with Crippen molar-refractivity contribution < 1.29 is 17.9 Å². The smallest absolute Gasteiger partial charge is 0.255 e. The van der Waals surface area contributed by atoms with Gasteiger partial charge in [-0.25, -0.2) is 8.42 Å². The largest absolute Gasteiger partial charge is 0.373 e. The molecule has 3 rings (SSSR count). The third kappa shape index (κ3) is 4.68. The fourth-order valence-corrected chi connectivity index (χ4v) is 4.71. The van der Waals surface area contributed by atoms with E-state index < -0.39 is 10.0 Å². The molecule has 2 atom stereocenters. The quantitative estimate of drug-likeness (QED) is 0.841. The molecule has 27 heavy (non-hydrogen) atoms. The zero-order chi connectivity index (χ0) is 19.6.